The summed E-state index contributed by atoms with van der Waals surface area (Å²) < 4.78 is 0. The highest BCUT2D eigenvalue weighted by atomic mass is 16.3. The van der Waals surface area contributed by atoms with Crippen molar-refractivity contribution in [3.63, 3.8) is 0 Å². The maximum absolute atomic E-state index is 11.8. The summed E-state index contributed by atoms with van der Waals surface area (Å²) in [5.41, 5.74) is 1.61. The monoisotopic (exact) mass is 297 g/mol. The van der Waals surface area contributed by atoms with Gasteiger partial charge < -0.3 is 15.5 Å². The molecule has 0 aliphatic heterocycles. The fourth-order valence-electron chi connectivity index (χ4n) is 1.82. The predicted molar refractivity (Wildman–Crippen MR) is 83.9 cm³/mol. The first-order valence-corrected chi connectivity index (χ1v) is 6.58. The van der Waals surface area contributed by atoms with Gasteiger partial charge in [0.15, 0.2) is 17.3 Å². The second kappa shape index (κ2) is 6.58. The third-order valence-corrected chi connectivity index (χ3v) is 2.96. The first kappa shape index (κ1) is 15.3. The number of rotatable bonds is 4. The largest absolute Gasteiger partial charge is 0.504 e. The van der Waals surface area contributed by atoms with Crippen molar-refractivity contribution in [2.24, 2.45) is 0 Å². The number of anilines is 1. The van der Waals surface area contributed by atoms with E-state index in [1.807, 2.05) is 0 Å². The van der Waals surface area contributed by atoms with Crippen LogP contribution in [-0.4, -0.2) is 21.9 Å². The van der Waals surface area contributed by atoms with Gasteiger partial charge in [0.25, 0.3) is 0 Å². The van der Waals surface area contributed by atoms with Crippen LogP contribution in [0.15, 0.2) is 48.5 Å². The summed E-state index contributed by atoms with van der Waals surface area (Å²) in [6.45, 7) is 1.46. The van der Waals surface area contributed by atoms with E-state index < -0.39 is 0 Å². The summed E-state index contributed by atoms with van der Waals surface area (Å²) in [7, 11) is 0. The third-order valence-electron chi connectivity index (χ3n) is 2.96. The number of aromatic hydroxyl groups is 2. The molecule has 112 valence electrons. The number of phenolic OH excluding ortho intramolecular Hbond substituents is 2. The Hall–Kier alpha value is -3.08. The molecule has 22 heavy (non-hydrogen) atoms. The van der Waals surface area contributed by atoms with Gasteiger partial charge in [-0.05, 0) is 42.8 Å². The summed E-state index contributed by atoms with van der Waals surface area (Å²) in [6, 6.07) is 10.9. The maximum Gasteiger partial charge on any atom is 0.248 e. The molecule has 0 unspecified atom stereocenters. The van der Waals surface area contributed by atoms with Gasteiger partial charge in [-0.3, -0.25) is 9.59 Å². The molecule has 5 heteroatoms. The summed E-state index contributed by atoms with van der Waals surface area (Å²) >= 11 is 0. The lowest BCUT2D eigenvalue weighted by molar-refractivity contribution is -0.111. The molecule has 0 aliphatic rings. The minimum absolute atomic E-state index is 0.0776. The van der Waals surface area contributed by atoms with Crippen molar-refractivity contribution in [2.45, 2.75) is 6.92 Å². The number of carbonyl (C=O) groups excluding carboxylic acids is 2. The summed E-state index contributed by atoms with van der Waals surface area (Å²) in [5.74, 6) is -0.918. The number of hydrogen-bond donors (Lipinski definition) is 3. The molecule has 0 aromatic heterocycles. The van der Waals surface area contributed by atoms with Crippen LogP contribution in [0.2, 0.25) is 0 Å². The van der Waals surface area contributed by atoms with Crippen molar-refractivity contribution in [3.05, 3.63) is 59.7 Å². The number of Topliss-reactive ketones (excluding diaryl/α,β-unsaturated/α-hetero) is 1. The van der Waals surface area contributed by atoms with Crippen LogP contribution in [0, 0.1) is 0 Å². The average Bonchev–Trinajstić information content (AvgIpc) is 2.49. The summed E-state index contributed by atoms with van der Waals surface area (Å²) in [6.07, 6.45) is 2.80. The Bertz CT molecular complexity index is 750. The molecule has 0 aliphatic carbocycles. The van der Waals surface area contributed by atoms with Crippen LogP contribution in [-0.2, 0) is 4.79 Å². The molecular weight excluding hydrogens is 282 g/mol. The van der Waals surface area contributed by atoms with Crippen LogP contribution in [0.1, 0.15) is 22.8 Å². The highest BCUT2D eigenvalue weighted by Crippen LogP contribution is 2.25. The molecule has 0 atom stereocenters. The van der Waals surface area contributed by atoms with E-state index in [9.17, 15) is 19.8 Å². The van der Waals surface area contributed by atoms with Crippen LogP contribution >= 0.6 is 0 Å². The molecule has 0 saturated carbocycles. The molecule has 0 heterocycles. The second-order valence-corrected chi connectivity index (χ2v) is 4.71. The van der Waals surface area contributed by atoms with Crippen LogP contribution in [0.4, 0.5) is 5.69 Å². The Morgan fingerprint density at radius 3 is 2.50 bits per heavy atom. The van der Waals surface area contributed by atoms with Crippen molar-refractivity contribution in [1.29, 1.82) is 0 Å². The van der Waals surface area contributed by atoms with Gasteiger partial charge in [0.1, 0.15) is 0 Å². The number of amides is 1. The first-order chi connectivity index (χ1) is 10.5. The van der Waals surface area contributed by atoms with E-state index in [0.29, 0.717) is 16.8 Å². The van der Waals surface area contributed by atoms with Crippen LogP contribution in [0.25, 0.3) is 6.08 Å². The number of carbonyl (C=O) groups is 2. The number of hydrogen-bond acceptors (Lipinski definition) is 4. The Morgan fingerprint density at radius 2 is 1.82 bits per heavy atom. The minimum atomic E-state index is -0.367. The summed E-state index contributed by atoms with van der Waals surface area (Å²) in [4.78, 5) is 23.1. The van der Waals surface area contributed by atoms with Crippen molar-refractivity contribution in [1.82, 2.24) is 0 Å². The van der Waals surface area contributed by atoms with E-state index in [1.165, 1.54) is 31.2 Å². The molecule has 2 rings (SSSR count). The van der Waals surface area contributed by atoms with Crippen molar-refractivity contribution >= 4 is 23.5 Å². The van der Waals surface area contributed by atoms with Crippen molar-refractivity contribution in [3.8, 4) is 11.5 Å². The molecule has 3 N–H and O–H groups in total. The van der Waals surface area contributed by atoms with Crippen molar-refractivity contribution in [2.75, 3.05) is 5.32 Å². The number of ketones is 1. The van der Waals surface area contributed by atoms with E-state index >= 15 is 0 Å². The predicted octanol–water partition coefficient (Wildman–Crippen LogP) is 2.95. The van der Waals surface area contributed by atoms with Crippen LogP contribution in [0.5, 0.6) is 11.5 Å². The Morgan fingerprint density at radius 1 is 1.05 bits per heavy atom. The minimum Gasteiger partial charge on any atom is -0.504 e. The highest BCUT2D eigenvalue weighted by molar-refractivity contribution is 6.03. The average molecular weight is 297 g/mol. The van der Waals surface area contributed by atoms with Gasteiger partial charge in [0, 0.05) is 17.3 Å². The van der Waals surface area contributed by atoms with E-state index in [1.54, 1.807) is 30.3 Å². The first-order valence-electron chi connectivity index (χ1n) is 6.58. The van der Waals surface area contributed by atoms with Gasteiger partial charge in [-0.1, -0.05) is 18.2 Å². The highest BCUT2D eigenvalue weighted by Gasteiger charge is 2.03. The Labute approximate surface area is 127 Å². The standard InChI is InChI=1S/C17H15NO4/c1-11(19)13-3-2-4-14(10-13)18-17(22)8-6-12-5-7-15(20)16(21)9-12/h2-10,20-21H,1H3,(H,18,22)/b8-6+. The maximum atomic E-state index is 11.8. The Kier molecular flexibility index (Phi) is 4.58. The van der Waals surface area contributed by atoms with Gasteiger partial charge in [0.05, 0.1) is 0 Å². The molecular formula is C17H15NO4. The number of nitrogens with one attached hydrogen (secondary N) is 1. The normalized spacial score (nSPS) is 10.6. The second-order valence-electron chi connectivity index (χ2n) is 4.71. The zero-order valence-corrected chi connectivity index (χ0v) is 11.9. The van der Waals surface area contributed by atoms with Crippen LogP contribution in [0.3, 0.4) is 0 Å². The number of benzene rings is 2. The van der Waals surface area contributed by atoms with E-state index in [2.05, 4.69) is 5.32 Å². The smallest absolute Gasteiger partial charge is 0.248 e. The Balaban J connectivity index is 2.06. The SMILES string of the molecule is CC(=O)c1cccc(NC(=O)/C=C/c2ccc(O)c(O)c2)c1. The lowest BCUT2D eigenvalue weighted by Gasteiger charge is -2.04. The zero-order chi connectivity index (χ0) is 16.1. The van der Waals surface area contributed by atoms with Gasteiger partial charge in [-0.15, -0.1) is 0 Å². The quantitative estimate of drug-likeness (QED) is 0.460. The van der Waals surface area contributed by atoms with E-state index in [0.717, 1.165) is 0 Å². The topological polar surface area (TPSA) is 86.6 Å². The van der Waals surface area contributed by atoms with E-state index in [4.69, 9.17) is 0 Å². The zero-order valence-electron chi connectivity index (χ0n) is 11.9. The lowest BCUT2D eigenvalue weighted by atomic mass is 10.1. The number of phenols is 2. The molecule has 0 radical (unpaired) electrons. The molecule has 1 amide bonds. The fourth-order valence-corrected chi connectivity index (χ4v) is 1.82. The third kappa shape index (κ3) is 3.96. The lowest BCUT2D eigenvalue weighted by Crippen LogP contribution is -2.08. The van der Waals surface area contributed by atoms with Gasteiger partial charge in [-0.25, -0.2) is 0 Å². The van der Waals surface area contributed by atoms with Gasteiger partial charge in [-0.2, -0.15) is 0 Å². The molecule has 0 saturated heterocycles. The molecule has 0 fully saturated rings. The van der Waals surface area contributed by atoms with E-state index in [-0.39, 0.29) is 23.2 Å². The van der Waals surface area contributed by atoms with Gasteiger partial charge >= 0.3 is 0 Å². The van der Waals surface area contributed by atoms with Gasteiger partial charge in [0.2, 0.25) is 5.91 Å². The molecule has 5 nitrogen and oxygen atoms in total. The summed E-state index contributed by atoms with van der Waals surface area (Å²) in [5, 5.41) is 21.2. The molecule has 2 aromatic rings. The molecule has 0 spiro atoms. The molecule has 2 aromatic carbocycles. The molecule has 0 bridgehead atoms. The van der Waals surface area contributed by atoms with Crippen molar-refractivity contribution < 1.29 is 19.8 Å². The fraction of sp³-hybridized carbons (Fsp3) is 0.0588. The van der Waals surface area contributed by atoms with Crippen LogP contribution < -0.4 is 5.32 Å².